The van der Waals surface area contributed by atoms with Gasteiger partial charge in [0.25, 0.3) is 5.91 Å². The van der Waals surface area contributed by atoms with Crippen molar-refractivity contribution >= 4 is 5.91 Å². The summed E-state index contributed by atoms with van der Waals surface area (Å²) in [4.78, 5) is 13.8. The van der Waals surface area contributed by atoms with Crippen molar-refractivity contribution in [3.8, 4) is 0 Å². The first-order valence-electron chi connectivity index (χ1n) is 5.97. The zero-order valence-corrected chi connectivity index (χ0v) is 10.2. The molecule has 0 aromatic carbocycles. The van der Waals surface area contributed by atoms with Crippen molar-refractivity contribution in [3.05, 3.63) is 17.5 Å². The van der Waals surface area contributed by atoms with E-state index in [1.165, 1.54) is 6.20 Å². The summed E-state index contributed by atoms with van der Waals surface area (Å²) in [5.74, 6) is 0.391. The van der Waals surface area contributed by atoms with Crippen LogP contribution in [0.5, 0.6) is 0 Å². The molecule has 1 heterocycles. The molecule has 0 saturated heterocycles. The van der Waals surface area contributed by atoms with Crippen LogP contribution < -0.4 is 0 Å². The molecule has 1 aliphatic carbocycles. The summed E-state index contributed by atoms with van der Waals surface area (Å²) in [6, 6.07) is -0.0921. The van der Waals surface area contributed by atoms with Crippen LogP contribution >= 0.6 is 0 Å². The zero-order valence-electron chi connectivity index (χ0n) is 10.2. The Balaban J connectivity index is 2.11. The number of amides is 1. The van der Waals surface area contributed by atoms with Gasteiger partial charge in [0.2, 0.25) is 0 Å². The van der Waals surface area contributed by atoms with Crippen molar-refractivity contribution < 1.29 is 14.4 Å². The van der Waals surface area contributed by atoms with Gasteiger partial charge in [-0.2, -0.15) is 0 Å². The fourth-order valence-corrected chi connectivity index (χ4v) is 2.39. The van der Waals surface area contributed by atoms with E-state index in [0.29, 0.717) is 11.3 Å². The number of rotatable bonds is 2. The molecule has 1 aromatic heterocycles. The predicted molar refractivity (Wildman–Crippen MR) is 61.6 cm³/mol. The van der Waals surface area contributed by atoms with E-state index in [-0.39, 0.29) is 11.9 Å². The van der Waals surface area contributed by atoms with Crippen LogP contribution in [0.25, 0.3) is 0 Å². The third-order valence-corrected chi connectivity index (χ3v) is 3.49. The van der Waals surface area contributed by atoms with E-state index in [2.05, 4.69) is 5.16 Å². The quantitative estimate of drug-likeness (QED) is 0.844. The average molecular weight is 238 g/mol. The zero-order chi connectivity index (χ0) is 12.4. The first-order valence-corrected chi connectivity index (χ1v) is 5.97. The Hall–Kier alpha value is -1.36. The van der Waals surface area contributed by atoms with E-state index >= 15 is 0 Å². The maximum absolute atomic E-state index is 12.2. The molecule has 5 heteroatoms. The number of nitrogens with zero attached hydrogens (tertiary/aromatic N) is 2. The molecule has 17 heavy (non-hydrogen) atoms. The minimum Gasteiger partial charge on any atom is -0.391 e. The van der Waals surface area contributed by atoms with Crippen LogP contribution in [-0.2, 0) is 0 Å². The number of aliphatic hydroxyl groups is 1. The van der Waals surface area contributed by atoms with Gasteiger partial charge in [-0.1, -0.05) is 18.0 Å². The molecule has 1 aliphatic rings. The molecule has 1 N–H and O–H groups in total. The van der Waals surface area contributed by atoms with E-state index in [1.807, 2.05) is 0 Å². The number of aryl methyl sites for hydroxylation is 1. The summed E-state index contributed by atoms with van der Waals surface area (Å²) in [6.45, 7) is 1.71. The van der Waals surface area contributed by atoms with Gasteiger partial charge in [0.05, 0.1) is 18.3 Å². The Morgan fingerprint density at radius 3 is 2.82 bits per heavy atom. The lowest BCUT2D eigenvalue weighted by molar-refractivity contribution is 0.0267. The van der Waals surface area contributed by atoms with Crippen molar-refractivity contribution in [1.29, 1.82) is 0 Å². The van der Waals surface area contributed by atoms with Crippen LogP contribution in [0.15, 0.2) is 10.7 Å². The lowest BCUT2D eigenvalue weighted by Crippen LogP contribution is -2.46. The van der Waals surface area contributed by atoms with Crippen molar-refractivity contribution in [2.45, 2.75) is 44.8 Å². The molecular formula is C12H18N2O3. The van der Waals surface area contributed by atoms with Crippen molar-refractivity contribution in [2.24, 2.45) is 0 Å². The molecule has 1 amide bonds. The summed E-state index contributed by atoms with van der Waals surface area (Å²) >= 11 is 0. The first-order chi connectivity index (χ1) is 8.11. The average Bonchev–Trinajstić information content (AvgIpc) is 2.74. The lowest BCUT2D eigenvalue weighted by atomic mass is 9.91. The highest BCUT2D eigenvalue weighted by atomic mass is 16.5. The van der Waals surface area contributed by atoms with Gasteiger partial charge in [-0.15, -0.1) is 0 Å². The second-order valence-electron chi connectivity index (χ2n) is 4.63. The highest BCUT2D eigenvalue weighted by Gasteiger charge is 2.30. The first kappa shape index (κ1) is 12.1. The predicted octanol–water partition coefficient (Wildman–Crippen LogP) is 1.36. The molecule has 0 bridgehead atoms. The second-order valence-corrected chi connectivity index (χ2v) is 4.63. The van der Waals surface area contributed by atoms with Crippen molar-refractivity contribution in [3.63, 3.8) is 0 Å². The van der Waals surface area contributed by atoms with Gasteiger partial charge in [0, 0.05) is 7.05 Å². The molecule has 94 valence electrons. The second kappa shape index (κ2) is 4.87. The molecular weight excluding hydrogens is 220 g/mol. The van der Waals surface area contributed by atoms with Crippen LogP contribution in [0.4, 0.5) is 0 Å². The number of carbonyl (C=O) groups is 1. The SMILES string of the molecule is Cc1oncc1C(=O)N(C)C1CCCCC1O. The summed E-state index contributed by atoms with van der Waals surface area (Å²) in [5, 5.41) is 13.5. The van der Waals surface area contributed by atoms with Gasteiger partial charge in [-0.05, 0) is 19.8 Å². The van der Waals surface area contributed by atoms with E-state index in [1.54, 1.807) is 18.9 Å². The molecule has 1 fully saturated rings. The van der Waals surface area contributed by atoms with Crippen molar-refractivity contribution in [2.75, 3.05) is 7.05 Å². The van der Waals surface area contributed by atoms with Gasteiger partial charge in [0.15, 0.2) is 0 Å². The van der Waals surface area contributed by atoms with Crippen LogP contribution in [-0.4, -0.2) is 40.3 Å². The largest absolute Gasteiger partial charge is 0.391 e. The van der Waals surface area contributed by atoms with Crippen LogP contribution in [0.1, 0.15) is 41.8 Å². The van der Waals surface area contributed by atoms with Gasteiger partial charge >= 0.3 is 0 Å². The number of hydrogen-bond donors (Lipinski definition) is 1. The topological polar surface area (TPSA) is 66.6 Å². The molecule has 1 aromatic rings. The van der Waals surface area contributed by atoms with E-state index < -0.39 is 6.10 Å². The summed E-state index contributed by atoms with van der Waals surface area (Å²) < 4.78 is 4.89. The van der Waals surface area contributed by atoms with Gasteiger partial charge < -0.3 is 14.5 Å². The van der Waals surface area contributed by atoms with E-state index in [4.69, 9.17) is 4.52 Å². The molecule has 5 nitrogen and oxygen atoms in total. The fourth-order valence-electron chi connectivity index (χ4n) is 2.39. The van der Waals surface area contributed by atoms with Crippen LogP contribution in [0.2, 0.25) is 0 Å². The molecule has 0 aliphatic heterocycles. The molecule has 2 rings (SSSR count). The number of carbonyl (C=O) groups excluding carboxylic acids is 1. The highest BCUT2D eigenvalue weighted by molar-refractivity contribution is 5.94. The Kier molecular flexibility index (Phi) is 3.47. The third kappa shape index (κ3) is 2.34. The normalized spacial score (nSPS) is 24.6. The summed E-state index contributed by atoms with van der Waals surface area (Å²) in [5.41, 5.74) is 0.477. The maximum Gasteiger partial charge on any atom is 0.259 e. The van der Waals surface area contributed by atoms with E-state index in [0.717, 1.165) is 25.7 Å². The summed E-state index contributed by atoms with van der Waals surface area (Å²) in [6.07, 6.45) is 4.73. The monoisotopic (exact) mass is 238 g/mol. The smallest absolute Gasteiger partial charge is 0.259 e. The molecule has 2 atom stereocenters. The number of hydrogen-bond acceptors (Lipinski definition) is 4. The Labute approximate surface area is 100 Å². The maximum atomic E-state index is 12.2. The summed E-state index contributed by atoms with van der Waals surface area (Å²) in [7, 11) is 1.73. The number of likely N-dealkylation sites (N-methyl/N-ethyl adjacent to an activating group) is 1. The Morgan fingerprint density at radius 1 is 1.53 bits per heavy atom. The lowest BCUT2D eigenvalue weighted by Gasteiger charge is -2.35. The number of aliphatic hydroxyl groups excluding tert-OH is 1. The fraction of sp³-hybridized carbons (Fsp3) is 0.667. The number of aromatic nitrogens is 1. The van der Waals surface area contributed by atoms with Gasteiger partial charge in [0.1, 0.15) is 11.3 Å². The minimum absolute atomic E-state index is 0.0921. The Bertz CT molecular complexity index is 402. The molecule has 2 unspecified atom stereocenters. The van der Waals surface area contributed by atoms with Gasteiger partial charge in [-0.25, -0.2) is 0 Å². The molecule has 1 saturated carbocycles. The standard InChI is InChI=1S/C12H18N2O3/c1-8-9(7-13-17-8)12(16)14(2)10-5-3-4-6-11(10)15/h7,10-11,15H,3-6H2,1-2H3. The molecule has 0 radical (unpaired) electrons. The van der Waals surface area contributed by atoms with Crippen LogP contribution in [0.3, 0.4) is 0 Å². The Morgan fingerprint density at radius 2 is 2.24 bits per heavy atom. The van der Waals surface area contributed by atoms with Crippen molar-refractivity contribution in [1.82, 2.24) is 10.1 Å². The minimum atomic E-state index is -0.419. The molecule has 0 spiro atoms. The van der Waals surface area contributed by atoms with E-state index in [9.17, 15) is 9.90 Å². The van der Waals surface area contributed by atoms with Gasteiger partial charge in [-0.3, -0.25) is 4.79 Å². The third-order valence-electron chi connectivity index (χ3n) is 3.49. The van der Waals surface area contributed by atoms with Crippen LogP contribution in [0, 0.1) is 6.92 Å². The highest BCUT2D eigenvalue weighted by Crippen LogP contribution is 2.24.